The van der Waals surface area contributed by atoms with Gasteiger partial charge in [0.2, 0.25) is 0 Å². The van der Waals surface area contributed by atoms with Crippen molar-refractivity contribution in [2.24, 2.45) is 4.99 Å². The first kappa shape index (κ1) is 21.0. The van der Waals surface area contributed by atoms with E-state index < -0.39 is 0 Å². The summed E-state index contributed by atoms with van der Waals surface area (Å²) in [5.41, 5.74) is 4.81. The van der Waals surface area contributed by atoms with Crippen LogP contribution in [-0.2, 0) is 13.1 Å². The Labute approximate surface area is 178 Å². The van der Waals surface area contributed by atoms with Gasteiger partial charge in [0.1, 0.15) is 0 Å². The maximum atomic E-state index is 4.76. The predicted octanol–water partition coefficient (Wildman–Crippen LogP) is 4.05. The number of aromatic nitrogens is 2. The van der Waals surface area contributed by atoms with Crippen LogP contribution in [0.2, 0.25) is 0 Å². The first-order valence-electron chi connectivity index (χ1n) is 8.91. The average molecular weight is 475 g/mol. The number of rotatable bonds is 6. The van der Waals surface area contributed by atoms with Gasteiger partial charge in [0, 0.05) is 25.5 Å². The second kappa shape index (κ2) is 10.7. The Balaban J connectivity index is 0.00000261. The van der Waals surface area contributed by atoms with E-state index in [0.29, 0.717) is 6.54 Å². The lowest BCUT2D eigenvalue weighted by Gasteiger charge is -2.13. The molecule has 0 aliphatic heterocycles. The highest BCUT2D eigenvalue weighted by Gasteiger charge is 2.05. The van der Waals surface area contributed by atoms with Gasteiger partial charge in [0.25, 0.3) is 0 Å². The minimum atomic E-state index is 0. The predicted molar refractivity (Wildman–Crippen MR) is 122 cm³/mol. The van der Waals surface area contributed by atoms with Crippen molar-refractivity contribution in [3.8, 4) is 5.69 Å². The summed E-state index contributed by atoms with van der Waals surface area (Å²) in [5.74, 6) is 0.816. The Bertz CT molecular complexity index is 859. The highest BCUT2D eigenvalue weighted by Crippen LogP contribution is 2.15. The molecule has 0 radical (unpaired) electrons. The fraction of sp³-hybridized carbons (Fsp3) is 0.238. The number of hydrogen-bond acceptors (Lipinski definition) is 2. The average Bonchev–Trinajstić information content (AvgIpc) is 3.20. The molecule has 0 fully saturated rings. The summed E-state index contributed by atoms with van der Waals surface area (Å²) in [6, 6.07) is 16.6. The number of aryl methyl sites for hydroxylation is 1. The molecule has 0 spiro atoms. The van der Waals surface area contributed by atoms with Gasteiger partial charge in [0.15, 0.2) is 5.96 Å². The Morgan fingerprint density at radius 2 is 1.78 bits per heavy atom. The molecule has 0 aliphatic carbocycles. The van der Waals surface area contributed by atoms with Crippen LogP contribution < -0.4 is 10.6 Å². The zero-order valence-corrected chi connectivity index (χ0v) is 18.1. The molecule has 0 saturated carbocycles. The summed E-state index contributed by atoms with van der Waals surface area (Å²) in [6.07, 6.45) is 5.54. The molecule has 0 saturated heterocycles. The lowest BCUT2D eigenvalue weighted by atomic mass is 10.1. The fourth-order valence-corrected chi connectivity index (χ4v) is 2.79. The molecular formula is C21H26IN5. The van der Waals surface area contributed by atoms with Crippen LogP contribution in [0.1, 0.15) is 23.6 Å². The SMILES string of the molecule is CCNC(=NCc1ccccc1-n1ccnc1)NCc1ccccc1C.I. The fourth-order valence-electron chi connectivity index (χ4n) is 2.79. The second-order valence-corrected chi connectivity index (χ2v) is 6.07. The van der Waals surface area contributed by atoms with Gasteiger partial charge in [-0.1, -0.05) is 42.5 Å². The smallest absolute Gasteiger partial charge is 0.191 e. The van der Waals surface area contributed by atoms with Crippen LogP contribution in [0.5, 0.6) is 0 Å². The summed E-state index contributed by atoms with van der Waals surface area (Å²) < 4.78 is 2.01. The highest BCUT2D eigenvalue weighted by molar-refractivity contribution is 14.0. The van der Waals surface area contributed by atoms with Crippen LogP contribution in [0.4, 0.5) is 0 Å². The number of aliphatic imine (C=N–C) groups is 1. The standard InChI is InChI=1S/C21H25N5.HI/c1-3-23-21(24-14-18-9-5-4-8-17(18)2)25-15-19-10-6-7-11-20(19)26-13-12-22-16-26;/h4-13,16H,3,14-15H2,1-2H3,(H2,23,24,25);1H. The van der Waals surface area contributed by atoms with Gasteiger partial charge in [-0.15, -0.1) is 24.0 Å². The van der Waals surface area contributed by atoms with E-state index in [1.807, 2.05) is 29.2 Å². The third-order valence-electron chi connectivity index (χ3n) is 4.23. The molecular weight excluding hydrogens is 449 g/mol. The van der Waals surface area contributed by atoms with Crippen molar-refractivity contribution in [2.45, 2.75) is 26.9 Å². The Hall–Kier alpha value is -2.35. The Morgan fingerprint density at radius 3 is 2.48 bits per heavy atom. The van der Waals surface area contributed by atoms with E-state index in [2.05, 4.69) is 65.9 Å². The molecule has 2 N–H and O–H groups in total. The molecule has 3 aromatic rings. The lowest BCUT2D eigenvalue weighted by molar-refractivity contribution is 0.811. The van der Waals surface area contributed by atoms with Gasteiger partial charge < -0.3 is 15.2 Å². The maximum absolute atomic E-state index is 4.76. The molecule has 3 rings (SSSR count). The van der Waals surface area contributed by atoms with Crippen LogP contribution >= 0.6 is 24.0 Å². The van der Waals surface area contributed by atoms with Crippen LogP contribution in [0.15, 0.2) is 72.2 Å². The van der Waals surface area contributed by atoms with Gasteiger partial charge >= 0.3 is 0 Å². The zero-order chi connectivity index (χ0) is 18.2. The van der Waals surface area contributed by atoms with Gasteiger partial charge in [0.05, 0.1) is 18.6 Å². The summed E-state index contributed by atoms with van der Waals surface area (Å²) in [7, 11) is 0. The maximum Gasteiger partial charge on any atom is 0.191 e. The number of nitrogens with zero attached hydrogens (tertiary/aromatic N) is 3. The topological polar surface area (TPSA) is 54.2 Å². The Morgan fingerprint density at radius 1 is 1.04 bits per heavy atom. The third-order valence-corrected chi connectivity index (χ3v) is 4.23. The van der Waals surface area contributed by atoms with E-state index in [4.69, 9.17) is 4.99 Å². The van der Waals surface area contributed by atoms with Crippen LogP contribution in [-0.4, -0.2) is 22.1 Å². The van der Waals surface area contributed by atoms with Crippen molar-refractivity contribution in [1.82, 2.24) is 20.2 Å². The summed E-state index contributed by atoms with van der Waals surface area (Å²) in [6.45, 7) is 6.37. The monoisotopic (exact) mass is 475 g/mol. The minimum absolute atomic E-state index is 0. The molecule has 2 aromatic carbocycles. The van der Waals surface area contributed by atoms with E-state index in [1.165, 1.54) is 11.1 Å². The van der Waals surface area contributed by atoms with Crippen molar-refractivity contribution in [1.29, 1.82) is 0 Å². The molecule has 0 unspecified atom stereocenters. The highest BCUT2D eigenvalue weighted by atomic mass is 127. The number of imidazole rings is 1. The Kier molecular flexibility index (Phi) is 8.32. The molecule has 1 heterocycles. The van der Waals surface area contributed by atoms with E-state index in [0.717, 1.165) is 30.3 Å². The van der Waals surface area contributed by atoms with E-state index >= 15 is 0 Å². The first-order valence-corrected chi connectivity index (χ1v) is 8.91. The van der Waals surface area contributed by atoms with E-state index in [-0.39, 0.29) is 24.0 Å². The molecule has 0 aliphatic rings. The molecule has 0 amide bonds. The van der Waals surface area contributed by atoms with E-state index in [9.17, 15) is 0 Å². The summed E-state index contributed by atoms with van der Waals surface area (Å²) >= 11 is 0. The third kappa shape index (κ3) is 5.82. The quantitative estimate of drug-likeness (QED) is 0.321. The van der Waals surface area contributed by atoms with Gasteiger partial charge in [-0.05, 0) is 36.6 Å². The van der Waals surface area contributed by atoms with Crippen molar-refractivity contribution in [3.05, 3.63) is 83.9 Å². The zero-order valence-electron chi connectivity index (χ0n) is 15.7. The summed E-state index contributed by atoms with van der Waals surface area (Å²) in [4.78, 5) is 8.90. The van der Waals surface area contributed by atoms with Crippen LogP contribution in [0, 0.1) is 6.92 Å². The number of hydrogen-bond donors (Lipinski definition) is 2. The van der Waals surface area contributed by atoms with Crippen LogP contribution in [0.3, 0.4) is 0 Å². The molecule has 1 aromatic heterocycles. The second-order valence-electron chi connectivity index (χ2n) is 6.07. The van der Waals surface area contributed by atoms with Gasteiger partial charge in [-0.3, -0.25) is 0 Å². The van der Waals surface area contributed by atoms with E-state index in [1.54, 1.807) is 6.20 Å². The molecule has 5 nitrogen and oxygen atoms in total. The van der Waals surface area contributed by atoms with Gasteiger partial charge in [-0.25, -0.2) is 9.98 Å². The van der Waals surface area contributed by atoms with Gasteiger partial charge in [-0.2, -0.15) is 0 Å². The molecule has 142 valence electrons. The van der Waals surface area contributed by atoms with Crippen molar-refractivity contribution in [3.63, 3.8) is 0 Å². The molecule has 27 heavy (non-hydrogen) atoms. The number of halogens is 1. The normalized spacial score (nSPS) is 11.0. The largest absolute Gasteiger partial charge is 0.357 e. The minimum Gasteiger partial charge on any atom is -0.357 e. The number of nitrogens with one attached hydrogen (secondary N) is 2. The summed E-state index contributed by atoms with van der Waals surface area (Å²) in [5, 5.41) is 6.74. The van der Waals surface area contributed by atoms with Crippen molar-refractivity contribution < 1.29 is 0 Å². The molecule has 6 heteroatoms. The van der Waals surface area contributed by atoms with Crippen molar-refractivity contribution in [2.75, 3.05) is 6.54 Å². The first-order chi connectivity index (χ1) is 12.8. The van der Waals surface area contributed by atoms with Crippen LogP contribution in [0.25, 0.3) is 5.69 Å². The molecule has 0 bridgehead atoms. The number of guanidine groups is 1. The number of benzene rings is 2. The lowest BCUT2D eigenvalue weighted by Crippen LogP contribution is -2.37. The molecule has 0 atom stereocenters. The number of para-hydroxylation sites is 1. The van der Waals surface area contributed by atoms with Crippen molar-refractivity contribution >= 4 is 29.9 Å².